The van der Waals surface area contributed by atoms with Crippen molar-refractivity contribution in [1.29, 1.82) is 0 Å². The van der Waals surface area contributed by atoms with E-state index in [4.69, 9.17) is 5.73 Å². The standard InChI is InChI=1S/C19H29F2N5O.HI/c1-23-19(26-9-5-6-13(12-26)10-17(22)27)24-11-16(25(2)3)18-14(20)7-4-8-15(18)21;/h4,7-8,13,16H,5-6,9-12H2,1-3H3,(H2,22,27)(H,23,24);1H. The molecular formula is C19H30F2IN5O. The van der Waals surface area contributed by atoms with Crippen molar-refractivity contribution in [3.8, 4) is 0 Å². The Morgan fingerprint density at radius 3 is 2.57 bits per heavy atom. The number of benzene rings is 1. The van der Waals surface area contributed by atoms with Gasteiger partial charge in [-0.15, -0.1) is 24.0 Å². The largest absolute Gasteiger partial charge is 0.370 e. The van der Waals surface area contributed by atoms with Crippen molar-refractivity contribution >= 4 is 35.8 Å². The van der Waals surface area contributed by atoms with E-state index in [0.717, 1.165) is 19.4 Å². The van der Waals surface area contributed by atoms with Crippen LogP contribution in [0.4, 0.5) is 8.78 Å². The predicted molar refractivity (Wildman–Crippen MR) is 118 cm³/mol. The molecule has 1 aliphatic rings. The highest BCUT2D eigenvalue weighted by atomic mass is 127. The maximum atomic E-state index is 14.2. The number of nitrogens with one attached hydrogen (secondary N) is 1. The van der Waals surface area contributed by atoms with Crippen LogP contribution < -0.4 is 11.1 Å². The van der Waals surface area contributed by atoms with E-state index in [1.54, 1.807) is 26.0 Å². The number of primary amides is 1. The van der Waals surface area contributed by atoms with E-state index in [1.807, 2.05) is 0 Å². The molecule has 1 fully saturated rings. The highest BCUT2D eigenvalue weighted by Gasteiger charge is 2.26. The summed E-state index contributed by atoms with van der Waals surface area (Å²) in [5.41, 5.74) is 5.36. The van der Waals surface area contributed by atoms with Crippen LogP contribution in [0.25, 0.3) is 0 Å². The smallest absolute Gasteiger partial charge is 0.217 e. The minimum Gasteiger partial charge on any atom is -0.370 e. The lowest BCUT2D eigenvalue weighted by Gasteiger charge is -2.35. The second kappa shape index (κ2) is 11.5. The molecule has 28 heavy (non-hydrogen) atoms. The molecule has 3 N–H and O–H groups in total. The molecule has 1 aliphatic heterocycles. The van der Waals surface area contributed by atoms with Gasteiger partial charge in [0, 0.05) is 38.7 Å². The van der Waals surface area contributed by atoms with Gasteiger partial charge in [0.25, 0.3) is 0 Å². The maximum Gasteiger partial charge on any atom is 0.217 e. The van der Waals surface area contributed by atoms with Crippen LogP contribution in [-0.2, 0) is 4.79 Å². The first-order chi connectivity index (χ1) is 12.8. The number of hydrogen-bond donors (Lipinski definition) is 2. The second-order valence-electron chi connectivity index (χ2n) is 7.17. The quantitative estimate of drug-likeness (QED) is 0.351. The molecule has 0 aromatic heterocycles. The number of carbonyl (C=O) groups is 1. The zero-order chi connectivity index (χ0) is 20.0. The topological polar surface area (TPSA) is 74.0 Å². The van der Waals surface area contributed by atoms with Gasteiger partial charge in [-0.05, 0) is 45.0 Å². The Morgan fingerprint density at radius 2 is 2.04 bits per heavy atom. The van der Waals surface area contributed by atoms with Crippen LogP contribution in [0.5, 0.6) is 0 Å². The van der Waals surface area contributed by atoms with Gasteiger partial charge < -0.3 is 20.9 Å². The Bertz CT molecular complexity index is 666. The summed E-state index contributed by atoms with van der Waals surface area (Å²) in [6.45, 7) is 1.80. The van der Waals surface area contributed by atoms with Gasteiger partial charge in [-0.2, -0.15) is 0 Å². The normalized spacial score (nSPS) is 18.6. The number of nitrogens with two attached hydrogens (primary N) is 1. The number of carbonyl (C=O) groups excluding carboxylic acids is 1. The Morgan fingerprint density at radius 1 is 1.39 bits per heavy atom. The molecule has 0 aliphatic carbocycles. The molecule has 2 atom stereocenters. The van der Waals surface area contributed by atoms with Gasteiger partial charge in [-0.3, -0.25) is 9.79 Å². The first-order valence-electron chi connectivity index (χ1n) is 9.17. The van der Waals surface area contributed by atoms with Crippen molar-refractivity contribution in [2.75, 3.05) is 40.8 Å². The number of aliphatic imine (C=N–C) groups is 1. The van der Waals surface area contributed by atoms with E-state index < -0.39 is 17.7 Å². The summed E-state index contributed by atoms with van der Waals surface area (Å²) >= 11 is 0. The van der Waals surface area contributed by atoms with Gasteiger partial charge in [-0.1, -0.05) is 6.07 Å². The summed E-state index contributed by atoms with van der Waals surface area (Å²) in [6, 6.07) is 3.40. The van der Waals surface area contributed by atoms with E-state index in [2.05, 4.69) is 15.2 Å². The van der Waals surface area contributed by atoms with E-state index in [9.17, 15) is 13.6 Å². The fourth-order valence-electron chi connectivity index (χ4n) is 3.60. The Balaban J connectivity index is 0.00000392. The van der Waals surface area contributed by atoms with Crippen molar-refractivity contribution < 1.29 is 13.6 Å². The van der Waals surface area contributed by atoms with Crippen LogP contribution in [0.1, 0.15) is 30.9 Å². The third kappa shape index (κ3) is 6.54. The van der Waals surface area contributed by atoms with Gasteiger partial charge >= 0.3 is 0 Å². The first kappa shape index (κ1) is 24.5. The number of likely N-dealkylation sites (tertiary alicyclic amines) is 1. The van der Waals surface area contributed by atoms with E-state index in [-0.39, 0.29) is 41.4 Å². The summed E-state index contributed by atoms with van der Waals surface area (Å²) in [7, 11) is 5.24. The Kier molecular flexibility index (Phi) is 10.1. The molecule has 2 unspecified atom stereocenters. The van der Waals surface area contributed by atoms with Gasteiger partial charge in [0.15, 0.2) is 5.96 Å². The van der Waals surface area contributed by atoms with E-state index in [0.29, 0.717) is 25.5 Å². The lowest BCUT2D eigenvalue weighted by molar-refractivity contribution is -0.119. The molecule has 0 radical (unpaired) electrons. The predicted octanol–water partition coefficient (Wildman–Crippen LogP) is 2.35. The third-order valence-corrected chi connectivity index (χ3v) is 4.93. The molecule has 2 rings (SSSR count). The molecule has 1 heterocycles. The van der Waals surface area contributed by atoms with E-state index in [1.165, 1.54) is 18.2 Å². The van der Waals surface area contributed by atoms with E-state index >= 15 is 0 Å². The van der Waals surface area contributed by atoms with Gasteiger partial charge in [0.05, 0.1) is 6.04 Å². The number of guanidine groups is 1. The second-order valence-corrected chi connectivity index (χ2v) is 7.17. The third-order valence-electron chi connectivity index (χ3n) is 4.93. The van der Waals surface area contributed by atoms with Crippen molar-refractivity contribution in [2.24, 2.45) is 16.6 Å². The average molecular weight is 509 g/mol. The molecule has 9 heteroatoms. The van der Waals surface area contributed by atoms with Crippen LogP contribution in [0.2, 0.25) is 0 Å². The molecule has 1 aromatic carbocycles. The Hall–Kier alpha value is -1.49. The Labute approximate surface area is 182 Å². The molecule has 6 nitrogen and oxygen atoms in total. The fraction of sp³-hybridized carbons (Fsp3) is 0.579. The molecule has 1 aromatic rings. The SMILES string of the molecule is CN=C(NCC(c1c(F)cccc1F)N(C)C)N1CCCC(CC(N)=O)C1.I. The summed E-state index contributed by atoms with van der Waals surface area (Å²) in [5.74, 6) is -0.571. The highest BCUT2D eigenvalue weighted by molar-refractivity contribution is 14.0. The van der Waals surface area contributed by atoms with Gasteiger partial charge in [0.1, 0.15) is 11.6 Å². The first-order valence-corrected chi connectivity index (χ1v) is 9.17. The van der Waals surface area contributed by atoms with Crippen molar-refractivity contribution in [3.63, 3.8) is 0 Å². The van der Waals surface area contributed by atoms with Crippen LogP contribution >= 0.6 is 24.0 Å². The minimum atomic E-state index is -0.565. The number of piperidine rings is 1. The molecule has 1 saturated heterocycles. The highest BCUT2D eigenvalue weighted by Crippen LogP contribution is 2.24. The van der Waals surface area contributed by atoms with Gasteiger partial charge in [0.2, 0.25) is 5.91 Å². The van der Waals surface area contributed by atoms with Crippen LogP contribution in [0, 0.1) is 17.6 Å². The fourth-order valence-corrected chi connectivity index (χ4v) is 3.60. The van der Waals surface area contributed by atoms with Crippen molar-refractivity contribution in [1.82, 2.24) is 15.1 Å². The van der Waals surface area contributed by atoms with Crippen molar-refractivity contribution in [2.45, 2.75) is 25.3 Å². The number of hydrogen-bond acceptors (Lipinski definition) is 3. The molecule has 0 spiro atoms. The summed E-state index contributed by atoms with van der Waals surface area (Å²) in [5, 5.41) is 3.23. The number of amides is 1. The van der Waals surface area contributed by atoms with Crippen LogP contribution in [0.15, 0.2) is 23.2 Å². The molecular weight excluding hydrogens is 479 g/mol. The lowest BCUT2D eigenvalue weighted by Crippen LogP contribution is -2.48. The zero-order valence-electron chi connectivity index (χ0n) is 16.6. The molecule has 1 amide bonds. The van der Waals surface area contributed by atoms with Crippen LogP contribution in [0.3, 0.4) is 0 Å². The van der Waals surface area contributed by atoms with Gasteiger partial charge in [-0.25, -0.2) is 8.78 Å². The number of nitrogens with zero attached hydrogens (tertiary/aromatic N) is 3. The average Bonchev–Trinajstić information content (AvgIpc) is 2.60. The summed E-state index contributed by atoms with van der Waals surface area (Å²) < 4.78 is 28.4. The number of halogens is 3. The molecule has 0 bridgehead atoms. The molecule has 0 saturated carbocycles. The zero-order valence-corrected chi connectivity index (χ0v) is 19.0. The number of likely N-dealkylation sites (N-methyl/N-ethyl adjacent to an activating group) is 1. The molecule has 158 valence electrons. The monoisotopic (exact) mass is 509 g/mol. The minimum absolute atomic E-state index is 0. The van der Waals surface area contributed by atoms with Crippen LogP contribution in [-0.4, -0.2) is 62.4 Å². The summed E-state index contributed by atoms with van der Waals surface area (Å²) in [6.07, 6.45) is 2.25. The number of rotatable bonds is 6. The lowest BCUT2D eigenvalue weighted by atomic mass is 9.95. The summed E-state index contributed by atoms with van der Waals surface area (Å²) in [4.78, 5) is 19.4. The van der Waals surface area contributed by atoms with Crippen molar-refractivity contribution in [3.05, 3.63) is 35.4 Å². The maximum absolute atomic E-state index is 14.2.